The van der Waals surface area contributed by atoms with Crippen LogP contribution in [0.15, 0.2) is 58.2 Å². The molecule has 0 bridgehead atoms. The Kier molecular flexibility index (Phi) is 7.13. The van der Waals surface area contributed by atoms with Gasteiger partial charge in [0.05, 0.1) is 31.9 Å². The number of carbonyl (C=O) groups excluding carboxylic acids is 2. The van der Waals surface area contributed by atoms with E-state index in [1.807, 2.05) is 36.4 Å². The molecule has 0 aliphatic rings. The standard InChI is InChI=1S/C21H22N2O5S/c1-3-27-20(25)12-17(14-8-10-15(26-2)11-9-14)22-19(24)13-29-21-23-16-6-4-5-7-18(16)28-21/h4-11,17H,3,12-13H2,1-2H3,(H,22,24). The number of methoxy groups -OCH3 is 1. The maximum Gasteiger partial charge on any atom is 0.308 e. The third-order valence-corrected chi connectivity index (χ3v) is 4.96. The number of carbonyl (C=O) groups is 2. The van der Waals surface area contributed by atoms with Gasteiger partial charge in [0.25, 0.3) is 5.22 Å². The molecule has 0 radical (unpaired) electrons. The molecule has 0 spiro atoms. The fourth-order valence-electron chi connectivity index (χ4n) is 2.75. The monoisotopic (exact) mass is 414 g/mol. The zero-order valence-electron chi connectivity index (χ0n) is 16.2. The molecule has 1 atom stereocenters. The van der Waals surface area contributed by atoms with Crippen molar-refractivity contribution in [2.45, 2.75) is 24.6 Å². The Morgan fingerprint density at radius 1 is 1.17 bits per heavy atom. The van der Waals surface area contributed by atoms with E-state index in [4.69, 9.17) is 13.9 Å². The number of benzene rings is 2. The second-order valence-electron chi connectivity index (χ2n) is 6.14. The zero-order chi connectivity index (χ0) is 20.6. The molecule has 3 rings (SSSR count). The van der Waals surface area contributed by atoms with Gasteiger partial charge in [-0.05, 0) is 36.8 Å². The van der Waals surface area contributed by atoms with Gasteiger partial charge in [0.15, 0.2) is 5.58 Å². The number of aromatic nitrogens is 1. The van der Waals surface area contributed by atoms with Crippen LogP contribution in [0.2, 0.25) is 0 Å². The highest BCUT2D eigenvalue weighted by molar-refractivity contribution is 7.99. The lowest BCUT2D eigenvalue weighted by molar-refractivity contribution is -0.143. The van der Waals surface area contributed by atoms with E-state index in [2.05, 4.69) is 10.3 Å². The average Bonchev–Trinajstić information content (AvgIpc) is 3.15. The summed E-state index contributed by atoms with van der Waals surface area (Å²) >= 11 is 1.20. The fourth-order valence-corrected chi connectivity index (χ4v) is 3.40. The highest BCUT2D eigenvalue weighted by atomic mass is 32.2. The third kappa shape index (κ3) is 5.74. The summed E-state index contributed by atoms with van der Waals surface area (Å²) in [6.07, 6.45) is 0.0411. The molecule has 1 amide bonds. The molecule has 1 heterocycles. The van der Waals surface area contributed by atoms with Crippen LogP contribution >= 0.6 is 11.8 Å². The minimum atomic E-state index is -0.503. The number of oxazole rings is 1. The number of hydrogen-bond donors (Lipinski definition) is 1. The van der Waals surface area contributed by atoms with Gasteiger partial charge in [-0.3, -0.25) is 9.59 Å². The molecule has 7 nitrogen and oxygen atoms in total. The van der Waals surface area contributed by atoms with Crippen molar-refractivity contribution >= 4 is 34.7 Å². The van der Waals surface area contributed by atoms with Crippen LogP contribution in [0.1, 0.15) is 24.9 Å². The van der Waals surface area contributed by atoms with E-state index >= 15 is 0 Å². The number of nitrogens with zero attached hydrogens (tertiary/aromatic N) is 1. The van der Waals surface area contributed by atoms with E-state index in [1.54, 1.807) is 26.2 Å². The molecule has 1 unspecified atom stereocenters. The molecule has 1 aromatic heterocycles. The van der Waals surface area contributed by atoms with Gasteiger partial charge >= 0.3 is 5.97 Å². The highest BCUT2D eigenvalue weighted by Crippen LogP contribution is 2.24. The second kappa shape index (κ2) is 9.97. The number of fused-ring (bicyclic) bond motifs is 1. The number of esters is 1. The Bertz CT molecular complexity index is 938. The van der Waals surface area contributed by atoms with Gasteiger partial charge in [-0.2, -0.15) is 0 Å². The first-order valence-corrected chi connectivity index (χ1v) is 10.1. The van der Waals surface area contributed by atoms with Crippen molar-refractivity contribution < 1.29 is 23.5 Å². The Morgan fingerprint density at radius 3 is 2.62 bits per heavy atom. The van der Waals surface area contributed by atoms with Crippen molar-refractivity contribution in [2.24, 2.45) is 0 Å². The van der Waals surface area contributed by atoms with E-state index in [9.17, 15) is 9.59 Å². The largest absolute Gasteiger partial charge is 0.497 e. The van der Waals surface area contributed by atoms with Crippen molar-refractivity contribution in [3.05, 3.63) is 54.1 Å². The number of para-hydroxylation sites is 2. The number of rotatable bonds is 9. The van der Waals surface area contributed by atoms with E-state index < -0.39 is 6.04 Å². The van der Waals surface area contributed by atoms with Gasteiger partial charge in [-0.25, -0.2) is 4.98 Å². The average molecular weight is 414 g/mol. The molecule has 152 valence electrons. The van der Waals surface area contributed by atoms with E-state index in [0.717, 1.165) is 11.1 Å². The highest BCUT2D eigenvalue weighted by Gasteiger charge is 2.20. The molecule has 3 aromatic rings. The summed E-state index contributed by atoms with van der Waals surface area (Å²) in [4.78, 5) is 28.8. The lowest BCUT2D eigenvalue weighted by Gasteiger charge is -2.18. The Balaban J connectivity index is 1.64. The second-order valence-corrected chi connectivity index (χ2v) is 7.07. The summed E-state index contributed by atoms with van der Waals surface area (Å²) in [6.45, 7) is 2.03. The topological polar surface area (TPSA) is 90.7 Å². The van der Waals surface area contributed by atoms with Gasteiger partial charge in [-0.1, -0.05) is 36.0 Å². The number of thioether (sulfide) groups is 1. The van der Waals surface area contributed by atoms with E-state index in [-0.39, 0.29) is 30.7 Å². The minimum absolute atomic E-state index is 0.0411. The maximum atomic E-state index is 12.5. The summed E-state index contributed by atoms with van der Waals surface area (Å²) in [5.74, 6) is 0.200. The fraction of sp³-hybridized carbons (Fsp3) is 0.286. The number of nitrogens with one attached hydrogen (secondary N) is 1. The van der Waals surface area contributed by atoms with Gasteiger partial charge in [-0.15, -0.1) is 0 Å². The predicted octanol–water partition coefficient (Wildman–Crippen LogP) is 3.74. The van der Waals surface area contributed by atoms with Crippen LogP contribution in [0.4, 0.5) is 0 Å². The van der Waals surface area contributed by atoms with Crippen LogP contribution in [0.3, 0.4) is 0 Å². The van der Waals surface area contributed by atoms with Crippen molar-refractivity contribution in [1.82, 2.24) is 10.3 Å². The van der Waals surface area contributed by atoms with Crippen molar-refractivity contribution in [3.63, 3.8) is 0 Å². The summed E-state index contributed by atoms with van der Waals surface area (Å²) in [5, 5.41) is 3.32. The normalized spacial score (nSPS) is 11.8. The molecule has 2 aromatic carbocycles. The summed E-state index contributed by atoms with van der Waals surface area (Å²) in [7, 11) is 1.58. The molecule has 1 N–H and O–H groups in total. The first-order chi connectivity index (χ1) is 14.1. The first kappa shape index (κ1) is 20.7. The number of amides is 1. The quantitative estimate of drug-likeness (QED) is 0.421. The molecular weight excluding hydrogens is 392 g/mol. The van der Waals surface area contributed by atoms with Crippen molar-refractivity contribution in [3.8, 4) is 5.75 Å². The van der Waals surface area contributed by atoms with Crippen LogP contribution in [-0.4, -0.2) is 36.3 Å². The van der Waals surface area contributed by atoms with Gasteiger partial charge in [0.2, 0.25) is 5.91 Å². The third-order valence-electron chi connectivity index (χ3n) is 4.13. The first-order valence-electron chi connectivity index (χ1n) is 9.16. The van der Waals surface area contributed by atoms with Crippen molar-refractivity contribution in [1.29, 1.82) is 0 Å². The van der Waals surface area contributed by atoms with Gasteiger partial charge in [0.1, 0.15) is 11.3 Å². The molecule has 0 aliphatic heterocycles. The molecule has 0 aliphatic carbocycles. The number of ether oxygens (including phenoxy) is 2. The van der Waals surface area contributed by atoms with Gasteiger partial charge in [0, 0.05) is 0 Å². The van der Waals surface area contributed by atoms with Crippen molar-refractivity contribution in [2.75, 3.05) is 19.5 Å². The Hall–Kier alpha value is -3.00. The van der Waals surface area contributed by atoms with E-state index in [1.165, 1.54) is 11.8 Å². The molecule has 0 saturated carbocycles. The summed E-state index contributed by atoms with van der Waals surface area (Å²) < 4.78 is 15.8. The maximum absolute atomic E-state index is 12.5. The molecule has 0 fully saturated rings. The van der Waals surface area contributed by atoms with Gasteiger partial charge < -0.3 is 19.2 Å². The minimum Gasteiger partial charge on any atom is -0.497 e. The smallest absolute Gasteiger partial charge is 0.308 e. The Labute approximate surface area is 172 Å². The molecular formula is C21H22N2O5S. The zero-order valence-corrected chi connectivity index (χ0v) is 17.0. The van der Waals surface area contributed by atoms with E-state index in [0.29, 0.717) is 16.6 Å². The predicted molar refractivity (Wildman–Crippen MR) is 110 cm³/mol. The summed E-state index contributed by atoms with van der Waals surface area (Å²) in [5.41, 5.74) is 2.21. The number of hydrogen-bond acceptors (Lipinski definition) is 7. The lowest BCUT2D eigenvalue weighted by atomic mass is 10.0. The SMILES string of the molecule is CCOC(=O)CC(NC(=O)CSc1nc2ccccc2o1)c1ccc(OC)cc1. The lowest BCUT2D eigenvalue weighted by Crippen LogP contribution is -2.31. The van der Waals surface area contributed by atoms with Crippen LogP contribution < -0.4 is 10.1 Å². The van der Waals surface area contributed by atoms with Crippen LogP contribution in [0, 0.1) is 0 Å². The van der Waals surface area contributed by atoms with Crippen LogP contribution in [-0.2, 0) is 14.3 Å². The Morgan fingerprint density at radius 2 is 1.93 bits per heavy atom. The van der Waals surface area contributed by atoms with Crippen LogP contribution in [0.25, 0.3) is 11.1 Å². The molecule has 29 heavy (non-hydrogen) atoms. The molecule has 0 saturated heterocycles. The molecule has 8 heteroatoms. The van der Waals surface area contributed by atoms with Crippen LogP contribution in [0.5, 0.6) is 5.75 Å². The summed E-state index contributed by atoms with van der Waals surface area (Å²) in [6, 6.07) is 14.1.